The molecule has 0 radical (unpaired) electrons. The summed E-state index contributed by atoms with van der Waals surface area (Å²) in [7, 11) is 0. The van der Waals surface area contributed by atoms with Crippen LogP contribution >= 0.6 is 0 Å². The van der Waals surface area contributed by atoms with E-state index in [1.54, 1.807) is 11.2 Å². The summed E-state index contributed by atoms with van der Waals surface area (Å²) < 4.78 is 10.5. The van der Waals surface area contributed by atoms with Gasteiger partial charge in [-0.25, -0.2) is 9.80 Å². The van der Waals surface area contributed by atoms with E-state index in [4.69, 9.17) is 9.47 Å². The zero-order valence-corrected chi connectivity index (χ0v) is 10.1. The van der Waals surface area contributed by atoms with Gasteiger partial charge in [-0.2, -0.15) is 5.11 Å². The van der Waals surface area contributed by atoms with Crippen molar-refractivity contribution >= 4 is 5.97 Å². The molecule has 2 rings (SSSR count). The lowest BCUT2D eigenvalue weighted by molar-refractivity contribution is -0.135. The molecule has 0 spiro atoms. The number of hydrogen-bond donors (Lipinski definition) is 0. The molecule has 2 heterocycles. The summed E-state index contributed by atoms with van der Waals surface area (Å²) >= 11 is 0. The monoisotopic (exact) mass is 239 g/mol. The van der Waals surface area contributed by atoms with Crippen LogP contribution in [0.5, 0.6) is 0 Å². The number of ether oxygens (including phenoxy) is 2. The number of cyclic esters (lactones) is 1. The van der Waals surface area contributed by atoms with Crippen molar-refractivity contribution in [2.75, 3.05) is 19.8 Å². The quantitative estimate of drug-likeness (QED) is 0.551. The number of carbonyl (C=O) groups is 1. The van der Waals surface area contributed by atoms with E-state index in [1.807, 2.05) is 0 Å². The summed E-state index contributed by atoms with van der Waals surface area (Å²) in [5.41, 5.74) is 0.629. The SMILES string of the molecule is CC(C)COC1CN=NN1C=C1CCOC1=O. The Labute approximate surface area is 100 Å². The molecule has 0 bridgehead atoms. The Balaban J connectivity index is 1.94. The van der Waals surface area contributed by atoms with Crippen molar-refractivity contribution in [1.82, 2.24) is 5.01 Å². The highest BCUT2D eigenvalue weighted by Gasteiger charge is 2.26. The van der Waals surface area contributed by atoms with Gasteiger partial charge >= 0.3 is 5.97 Å². The average molecular weight is 239 g/mol. The van der Waals surface area contributed by atoms with Crippen molar-refractivity contribution in [2.24, 2.45) is 16.3 Å². The summed E-state index contributed by atoms with van der Waals surface area (Å²) in [6, 6.07) is 0. The van der Waals surface area contributed by atoms with Gasteiger partial charge in [-0.15, -0.1) is 0 Å². The standard InChI is InChI=1S/C11H17N3O3/c1-8(2)7-17-10-5-12-13-14(10)6-9-3-4-16-11(9)15/h6,8,10H,3-5,7H2,1-2H3. The van der Waals surface area contributed by atoms with Crippen LogP contribution in [-0.2, 0) is 14.3 Å². The first-order chi connectivity index (χ1) is 8.16. The molecule has 94 valence electrons. The van der Waals surface area contributed by atoms with E-state index in [2.05, 4.69) is 24.2 Å². The second kappa shape index (κ2) is 5.27. The lowest BCUT2D eigenvalue weighted by atomic mass is 10.2. The molecule has 1 unspecified atom stereocenters. The smallest absolute Gasteiger partial charge is 0.335 e. The minimum atomic E-state index is -0.269. The van der Waals surface area contributed by atoms with Gasteiger partial charge < -0.3 is 9.47 Å². The maximum atomic E-state index is 11.3. The summed E-state index contributed by atoms with van der Waals surface area (Å²) in [6.07, 6.45) is 2.11. The molecule has 0 N–H and O–H groups in total. The first-order valence-corrected chi connectivity index (χ1v) is 5.82. The van der Waals surface area contributed by atoms with Gasteiger partial charge in [0, 0.05) is 12.6 Å². The van der Waals surface area contributed by atoms with Crippen LogP contribution in [0, 0.1) is 5.92 Å². The first-order valence-electron chi connectivity index (χ1n) is 5.82. The number of nitrogens with zero attached hydrogens (tertiary/aromatic N) is 3. The third-order valence-electron chi connectivity index (χ3n) is 2.48. The van der Waals surface area contributed by atoms with Gasteiger partial charge in [-0.3, -0.25) is 0 Å². The largest absolute Gasteiger partial charge is 0.462 e. The fourth-order valence-corrected chi connectivity index (χ4v) is 1.59. The highest BCUT2D eigenvalue weighted by atomic mass is 16.5. The molecule has 6 nitrogen and oxygen atoms in total. The molecule has 6 heteroatoms. The predicted molar refractivity (Wildman–Crippen MR) is 59.8 cm³/mol. The van der Waals surface area contributed by atoms with Crippen LogP contribution in [0.1, 0.15) is 20.3 Å². The molecule has 0 amide bonds. The summed E-state index contributed by atoms with van der Waals surface area (Å²) in [6.45, 7) is 5.78. The van der Waals surface area contributed by atoms with Crippen LogP contribution in [0.25, 0.3) is 0 Å². The number of carbonyl (C=O) groups excluding carboxylic acids is 1. The Bertz CT molecular complexity index is 352. The molecule has 0 aromatic rings. The highest BCUT2D eigenvalue weighted by Crippen LogP contribution is 2.19. The number of hydrogen-bond acceptors (Lipinski definition) is 6. The molecular weight excluding hydrogens is 222 g/mol. The molecular formula is C11H17N3O3. The molecule has 0 aromatic heterocycles. The zero-order valence-electron chi connectivity index (χ0n) is 10.1. The molecule has 1 saturated heterocycles. The minimum absolute atomic E-state index is 0.196. The van der Waals surface area contributed by atoms with E-state index in [-0.39, 0.29) is 12.2 Å². The van der Waals surface area contributed by atoms with Crippen molar-refractivity contribution in [2.45, 2.75) is 26.5 Å². The molecule has 0 aromatic carbocycles. The Morgan fingerprint density at radius 3 is 3.12 bits per heavy atom. The van der Waals surface area contributed by atoms with Crippen LogP contribution in [-0.4, -0.2) is 37.0 Å². The lowest BCUT2D eigenvalue weighted by Gasteiger charge is -2.19. The number of rotatable bonds is 4. The Morgan fingerprint density at radius 2 is 2.47 bits per heavy atom. The second-order valence-electron chi connectivity index (χ2n) is 4.52. The molecule has 1 atom stereocenters. The topological polar surface area (TPSA) is 63.5 Å². The average Bonchev–Trinajstić information content (AvgIpc) is 2.87. The predicted octanol–water partition coefficient (Wildman–Crippen LogP) is 1.50. The van der Waals surface area contributed by atoms with Crippen LogP contribution in [0.2, 0.25) is 0 Å². The van der Waals surface area contributed by atoms with Crippen LogP contribution in [0.4, 0.5) is 0 Å². The third-order valence-corrected chi connectivity index (χ3v) is 2.48. The van der Waals surface area contributed by atoms with Crippen molar-refractivity contribution in [1.29, 1.82) is 0 Å². The molecule has 0 saturated carbocycles. The van der Waals surface area contributed by atoms with Gasteiger partial charge in [-0.1, -0.05) is 19.1 Å². The minimum Gasteiger partial charge on any atom is -0.462 e. The van der Waals surface area contributed by atoms with E-state index < -0.39 is 0 Å². The van der Waals surface area contributed by atoms with E-state index in [1.165, 1.54) is 0 Å². The maximum absolute atomic E-state index is 11.3. The summed E-state index contributed by atoms with van der Waals surface area (Å²) in [4.78, 5) is 11.3. The molecule has 17 heavy (non-hydrogen) atoms. The fourth-order valence-electron chi connectivity index (χ4n) is 1.59. The van der Waals surface area contributed by atoms with Crippen LogP contribution < -0.4 is 0 Å². The van der Waals surface area contributed by atoms with E-state index >= 15 is 0 Å². The molecule has 0 aliphatic carbocycles. The summed E-state index contributed by atoms with van der Waals surface area (Å²) in [5.74, 6) is 0.191. The normalized spacial score (nSPS) is 26.3. The van der Waals surface area contributed by atoms with Gasteiger partial charge in [0.25, 0.3) is 0 Å². The van der Waals surface area contributed by atoms with Crippen molar-refractivity contribution in [3.63, 3.8) is 0 Å². The second-order valence-corrected chi connectivity index (χ2v) is 4.52. The highest BCUT2D eigenvalue weighted by molar-refractivity contribution is 5.90. The summed E-state index contributed by atoms with van der Waals surface area (Å²) in [5, 5.41) is 9.46. The van der Waals surface area contributed by atoms with E-state index in [0.717, 1.165) is 0 Å². The van der Waals surface area contributed by atoms with Crippen LogP contribution in [0.3, 0.4) is 0 Å². The van der Waals surface area contributed by atoms with Crippen molar-refractivity contribution in [3.05, 3.63) is 11.8 Å². The Hall–Kier alpha value is -1.43. The van der Waals surface area contributed by atoms with Gasteiger partial charge in [-0.05, 0) is 5.92 Å². The number of esters is 1. The Morgan fingerprint density at radius 1 is 1.65 bits per heavy atom. The van der Waals surface area contributed by atoms with Gasteiger partial charge in [0.05, 0.1) is 18.8 Å². The molecule has 2 aliphatic heterocycles. The Kier molecular flexibility index (Phi) is 3.73. The van der Waals surface area contributed by atoms with Crippen molar-refractivity contribution < 1.29 is 14.3 Å². The fraction of sp³-hybridized carbons (Fsp3) is 0.727. The molecule has 1 fully saturated rings. The first kappa shape index (κ1) is 12.0. The van der Waals surface area contributed by atoms with E-state index in [9.17, 15) is 4.79 Å². The molecule has 2 aliphatic rings. The van der Waals surface area contributed by atoms with Crippen LogP contribution in [0.15, 0.2) is 22.1 Å². The van der Waals surface area contributed by atoms with Gasteiger partial charge in [0.1, 0.15) is 6.54 Å². The van der Waals surface area contributed by atoms with Gasteiger partial charge in [0.15, 0.2) is 6.23 Å². The van der Waals surface area contributed by atoms with Gasteiger partial charge in [0.2, 0.25) is 0 Å². The third kappa shape index (κ3) is 3.03. The lowest BCUT2D eigenvalue weighted by Crippen LogP contribution is -2.29. The maximum Gasteiger partial charge on any atom is 0.335 e. The van der Waals surface area contributed by atoms with E-state index in [0.29, 0.717) is 37.7 Å². The zero-order chi connectivity index (χ0) is 12.3. The van der Waals surface area contributed by atoms with Crippen molar-refractivity contribution in [3.8, 4) is 0 Å².